The van der Waals surface area contributed by atoms with Gasteiger partial charge in [0.2, 0.25) is 5.91 Å². The molecular formula is C20H24N4O4. The van der Waals surface area contributed by atoms with Crippen LogP contribution in [0.3, 0.4) is 0 Å². The molecule has 0 bridgehead atoms. The molecule has 8 heteroatoms. The van der Waals surface area contributed by atoms with E-state index in [1.54, 1.807) is 12.3 Å². The zero-order chi connectivity index (χ0) is 20.3. The molecule has 8 nitrogen and oxygen atoms in total. The number of methoxy groups -OCH3 is 1. The first-order valence-electron chi connectivity index (χ1n) is 9.20. The Morgan fingerprint density at radius 1 is 1.43 bits per heavy atom. The lowest BCUT2D eigenvalue weighted by Gasteiger charge is -2.22. The number of rotatable bonds is 6. The SMILES string of the molecule is COC(=O)C1CCCN1CC(=O)Nc1c(C#N)c(C)c(C)n1Cc1ccco1. The standard InChI is InChI=1S/C20H24N4O4/c1-13-14(2)24(11-15-6-5-9-28-15)19(16(13)10-21)22-18(25)12-23-8-4-7-17(23)20(26)27-3/h5-6,9,17H,4,7-8,11-12H2,1-3H3,(H,22,25). The minimum absolute atomic E-state index is 0.0641. The monoisotopic (exact) mass is 384 g/mol. The van der Waals surface area contributed by atoms with Gasteiger partial charge in [-0.1, -0.05) is 0 Å². The van der Waals surface area contributed by atoms with Crippen LogP contribution in [0, 0.1) is 25.2 Å². The van der Waals surface area contributed by atoms with Gasteiger partial charge in [-0.05, 0) is 50.9 Å². The maximum atomic E-state index is 12.7. The van der Waals surface area contributed by atoms with Crippen LogP contribution in [0.15, 0.2) is 22.8 Å². The fraction of sp³-hybridized carbons (Fsp3) is 0.450. The Balaban J connectivity index is 1.81. The zero-order valence-corrected chi connectivity index (χ0v) is 16.3. The average Bonchev–Trinajstić information content (AvgIpc) is 3.40. The van der Waals surface area contributed by atoms with Gasteiger partial charge in [0.15, 0.2) is 0 Å². The lowest BCUT2D eigenvalue weighted by Crippen LogP contribution is -2.41. The molecule has 1 saturated heterocycles. The van der Waals surface area contributed by atoms with Gasteiger partial charge in [-0.2, -0.15) is 5.26 Å². The molecule has 0 spiro atoms. The summed E-state index contributed by atoms with van der Waals surface area (Å²) in [5.41, 5.74) is 2.14. The fourth-order valence-corrected chi connectivity index (χ4v) is 3.66. The number of hydrogen-bond donors (Lipinski definition) is 1. The van der Waals surface area contributed by atoms with Gasteiger partial charge >= 0.3 is 5.97 Å². The van der Waals surface area contributed by atoms with Crippen molar-refractivity contribution >= 4 is 17.7 Å². The highest BCUT2D eigenvalue weighted by molar-refractivity contribution is 5.93. The highest BCUT2D eigenvalue weighted by Crippen LogP contribution is 2.28. The van der Waals surface area contributed by atoms with Crippen LogP contribution in [0.25, 0.3) is 0 Å². The summed E-state index contributed by atoms with van der Waals surface area (Å²) >= 11 is 0. The third-order valence-electron chi connectivity index (χ3n) is 5.28. The average molecular weight is 384 g/mol. The highest BCUT2D eigenvalue weighted by atomic mass is 16.5. The van der Waals surface area contributed by atoms with Gasteiger partial charge in [-0.25, -0.2) is 0 Å². The molecule has 0 radical (unpaired) electrons. The van der Waals surface area contributed by atoms with Crippen molar-refractivity contribution in [2.45, 2.75) is 39.3 Å². The first-order chi connectivity index (χ1) is 13.5. The van der Waals surface area contributed by atoms with Crippen molar-refractivity contribution in [2.24, 2.45) is 0 Å². The van der Waals surface area contributed by atoms with Gasteiger partial charge in [0, 0.05) is 5.69 Å². The van der Waals surface area contributed by atoms with Gasteiger partial charge in [-0.15, -0.1) is 0 Å². The number of anilines is 1. The van der Waals surface area contributed by atoms with E-state index in [9.17, 15) is 14.9 Å². The normalized spacial score (nSPS) is 16.7. The van der Waals surface area contributed by atoms with Crippen LogP contribution in [0.1, 0.15) is 35.4 Å². The minimum atomic E-state index is -0.399. The molecule has 1 atom stereocenters. The highest BCUT2D eigenvalue weighted by Gasteiger charge is 2.33. The fourth-order valence-electron chi connectivity index (χ4n) is 3.66. The number of esters is 1. The van der Waals surface area contributed by atoms with Gasteiger partial charge in [0.25, 0.3) is 0 Å². The van der Waals surface area contributed by atoms with E-state index in [0.717, 1.165) is 23.4 Å². The number of carbonyl (C=O) groups excluding carboxylic acids is 2. The largest absolute Gasteiger partial charge is 0.468 e. The number of aromatic nitrogens is 1. The Bertz CT molecular complexity index is 908. The second kappa shape index (κ2) is 8.31. The molecule has 0 aliphatic carbocycles. The molecule has 1 amide bonds. The summed E-state index contributed by atoms with van der Waals surface area (Å²) in [5.74, 6) is 0.581. The molecule has 148 valence electrons. The number of nitriles is 1. The molecule has 1 unspecified atom stereocenters. The Morgan fingerprint density at radius 3 is 2.86 bits per heavy atom. The summed E-state index contributed by atoms with van der Waals surface area (Å²) in [4.78, 5) is 26.4. The van der Waals surface area contributed by atoms with Crippen molar-refractivity contribution in [3.8, 4) is 6.07 Å². The van der Waals surface area contributed by atoms with Crippen LogP contribution in [0.2, 0.25) is 0 Å². The van der Waals surface area contributed by atoms with E-state index in [1.165, 1.54) is 7.11 Å². The second-order valence-corrected chi connectivity index (χ2v) is 6.91. The van der Waals surface area contributed by atoms with Crippen molar-refractivity contribution in [1.29, 1.82) is 5.26 Å². The van der Waals surface area contributed by atoms with Crippen LogP contribution < -0.4 is 5.32 Å². The second-order valence-electron chi connectivity index (χ2n) is 6.91. The van der Waals surface area contributed by atoms with Crippen molar-refractivity contribution in [3.05, 3.63) is 41.0 Å². The molecule has 1 aliphatic rings. The van der Waals surface area contributed by atoms with Gasteiger partial charge < -0.3 is 19.0 Å². The van der Waals surface area contributed by atoms with E-state index in [0.29, 0.717) is 30.9 Å². The lowest BCUT2D eigenvalue weighted by atomic mass is 10.2. The summed E-state index contributed by atoms with van der Waals surface area (Å²) in [6.45, 7) is 4.89. The van der Waals surface area contributed by atoms with Crippen LogP contribution in [0.5, 0.6) is 0 Å². The number of nitrogens with zero attached hydrogens (tertiary/aromatic N) is 3. The Labute approximate surface area is 163 Å². The molecule has 3 heterocycles. The minimum Gasteiger partial charge on any atom is -0.468 e. The Morgan fingerprint density at radius 2 is 2.21 bits per heavy atom. The number of carbonyl (C=O) groups is 2. The van der Waals surface area contributed by atoms with E-state index in [2.05, 4.69) is 11.4 Å². The zero-order valence-electron chi connectivity index (χ0n) is 16.3. The van der Waals surface area contributed by atoms with Crippen molar-refractivity contribution < 1.29 is 18.7 Å². The molecule has 2 aromatic heterocycles. The van der Waals surface area contributed by atoms with Crippen LogP contribution in [0.4, 0.5) is 5.82 Å². The van der Waals surface area contributed by atoms with Crippen LogP contribution >= 0.6 is 0 Å². The van der Waals surface area contributed by atoms with Crippen molar-refractivity contribution in [1.82, 2.24) is 9.47 Å². The Kier molecular flexibility index (Phi) is 5.85. The molecule has 1 N–H and O–H groups in total. The van der Waals surface area contributed by atoms with Gasteiger partial charge in [0.05, 0.1) is 32.0 Å². The van der Waals surface area contributed by atoms with E-state index in [-0.39, 0.29) is 18.4 Å². The number of likely N-dealkylation sites (tertiary alicyclic amines) is 1. The van der Waals surface area contributed by atoms with Crippen LogP contribution in [-0.4, -0.2) is 47.6 Å². The van der Waals surface area contributed by atoms with E-state index < -0.39 is 6.04 Å². The van der Waals surface area contributed by atoms with E-state index >= 15 is 0 Å². The number of amides is 1. The molecule has 3 rings (SSSR count). The van der Waals surface area contributed by atoms with Gasteiger partial charge in [0.1, 0.15) is 23.7 Å². The summed E-state index contributed by atoms with van der Waals surface area (Å²) in [6.07, 6.45) is 3.10. The summed E-state index contributed by atoms with van der Waals surface area (Å²) in [5, 5.41) is 12.5. The molecule has 0 saturated carbocycles. The summed E-state index contributed by atoms with van der Waals surface area (Å²) < 4.78 is 12.1. The van der Waals surface area contributed by atoms with E-state index in [4.69, 9.17) is 9.15 Å². The number of hydrogen-bond acceptors (Lipinski definition) is 6. The quantitative estimate of drug-likeness (QED) is 0.766. The predicted octanol–water partition coefficient (Wildman–Crippen LogP) is 2.19. The molecular weight excluding hydrogens is 360 g/mol. The third-order valence-corrected chi connectivity index (χ3v) is 5.28. The number of furan rings is 1. The lowest BCUT2D eigenvalue weighted by molar-refractivity contribution is -0.146. The first kappa shape index (κ1) is 19.7. The topological polar surface area (TPSA) is 101 Å². The number of nitrogens with one attached hydrogen (secondary N) is 1. The Hall–Kier alpha value is -3.05. The number of ether oxygens (including phenoxy) is 1. The molecule has 0 aromatic carbocycles. The smallest absolute Gasteiger partial charge is 0.323 e. The van der Waals surface area contributed by atoms with Gasteiger partial charge in [-0.3, -0.25) is 14.5 Å². The molecule has 1 fully saturated rings. The molecule has 1 aliphatic heterocycles. The summed E-state index contributed by atoms with van der Waals surface area (Å²) in [6, 6.07) is 5.43. The predicted molar refractivity (Wildman–Crippen MR) is 102 cm³/mol. The van der Waals surface area contributed by atoms with E-state index in [1.807, 2.05) is 29.4 Å². The third kappa shape index (κ3) is 3.80. The summed E-state index contributed by atoms with van der Waals surface area (Å²) in [7, 11) is 1.35. The molecule has 28 heavy (non-hydrogen) atoms. The molecule has 2 aromatic rings. The van der Waals surface area contributed by atoms with Crippen LogP contribution in [-0.2, 0) is 20.9 Å². The maximum Gasteiger partial charge on any atom is 0.323 e. The maximum absolute atomic E-state index is 12.7. The van der Waals surface area contributed by atoms with Crippen molar-refractivity contribution in [2.75, 3.05) is 25.5 Å². The van der Waals surface area contributed by atoms with Crippen molar-refractivity contribution in [3.63, 3.8) is 0 Å². The first-order valence-corrected chi connectivity index (χ1v) is 9.20.